The number of carbonyl (C=O) groups excluding carboxylic acids is 3. The van der Waals surface area contributed by atoms with Gasteiger partial charge in [-0.2, -0.15) is 0 Å². The molecule has 0 unspecified atom stereocenters. The quantitative estimate of drug-likeness (QED) is 0.660. The van der Waals surface area contributed by atoms with Crippen LogP contribution < -0.4 is 4.31 Å². The summed E-state index contributed by atoms with van der Waals surface area (Å²) in [6.07, 6.45) is -0.291. The smallest absolute Gasteiger partial charge is 0.337 e. The van der Waals surface area contributed by atoms with Gasteiger partial charge in [0.15, 0.2) is 0 Å². The van der Waals surface area contributed by atoms with Crippen LogP contribution in [0.3, 0.4) is 0 Å². The van der Waals surface area contributed by atoms with E-state index in [1.807, 2.05) is 0 Å². The third-order valence-electron chi connectivity index (χ3n) is 3.97. The lowest BCUT2D eigenvalue weighted by atomic mass is 10.2. The topological polar surface area (TPSA) is 97.8 Å². The van der Waals surface area contributed by atoms with Crippen molar-refractivity contribution in [1.29, 1.82) is 0 Å². The van der Waals surface area contributed by atoms with Crippen molar-refractivity contribution in [3.8, 4) is 0 Å². The predicted octanol–water partition coefficient (Wildman–Crippen LogP) is 2.87. The van der Waals surface area contributed by atoms with Gasteiger partial charge in [-0.1, -0.05) is 12.1 Å². The molecule has 0 N–H and O–H groups in total. The van der Waals surface area contributed by atoms with Gasteiger partial charge in [0.1, 0.15) is 5.78 Å². The lowest BCUT2D eigenvalue weighted by molar-refractivity contribution is -0.122. The first-order valence-corrected chi connectivity index (χ1v) is 9.93. The first-order chi connectivity index (χ1) is 13.2. The van der Waals surface area contributed by atoms with Crippen molar-refractivity contribution in [3.63, 3.8) is 0 Å². The van der Waals surface area contributed by atoms with Crippen LogP contribution in [0.1, 0.15) is 35.7 Å². The zero-order valence-electron chi connectivity index (χ0n) is 15.8. The van der Waals surface area contributed by atoms with E-state index in [4.69, 9.17) is 0 Å². The maximum Gasteiger partial charge on any atom is 0.337 e. The number of anilines is 1. The minimum atomic E-state index is -4.25. The number of amides is 1. The van der Waals surface area contributed by atoms with E-state index in [1.54, 1.807) is 25.1 Å². The molecule has 0 saturated carbocycles. The van der Waals surface area contributed by atoms with Crippen LogP contribution in [-0.4, -0.2) is 33.2 Å². The molecule has 0 fully saturated rings. The van der Waals surface area contributed by atoms with Gasteiger partial charge in [-0.3, -0.25) is 4.79 Å². The maximum atomic E-state index is 13.2. The summed E-state index contributed by atoms with van der Waals surface area (Å²) in [6.45, 7) is 3.11. The molecule has 0 radical (unpaired) electrons. The predicted molar refractivity (Wildman–Crippen MR) is 104 cm³/mol. The summed E-state index contributed by atoms with van der Waals surface area (Å²) < 4.78 is 31.7. The van der Waals surface area contributed by atoms with Crippen molar-refractivity contribution in [3.05, 3.63) is 59.7 Å². The molecule has 2 rings (SSSR count). The Labute approximate surface area is 164 Å². The molecule has 0 bridgehead atoms. The van der Waals surface area contributed by atoms with Crippen molar-refractivity contribution in [2.45, 2.75) is 31.6 Å². The average Bonchev–Trinajstić information content (AvgIpc) is 2.66. The van der Waals surface area contributed by atoms with E-state index in [1.165, 1.54) is 44.4 Å². The maximum absolute atomic E-state index is 13.2. The number of benzene rings is 2. The Morgan fingerprint density at radius 3 is 2.18 bits per heavy atom. The Balaban J connectivity index is 2.50. The Kier molecular flexibility index (Phi) is 6.69. The Morgan fingerprint density at radius 2 is 1.64 bits per heavy atom. The van der Waals surface area contributed by atoms with Gasteiger partial charge >= 0.3 is 5.97 Å². The molecular formula is C20H21NO6S. The summed E-state index contributed by atoms with van der Waals surface area (Å²) in [5.41, 5.74) is 1.15. The fourth-order valence-electron chi connectivity index (χ4n) is 2.54. The van der Waals surface area contributed by atoms with Crippen LogP contribution in [0, 0.1) is 6.92 Å². The summed E-state index contributed by atoms with van der Waals surface area (Å²) in [6, 6.07) is 11.6. The van der Waals surface area contributed by atoms with Crippen molar-refractivity contribution in [1.82, 2.24) is 0 Å². The van der Waals surface area contributed by atoms with E-state index in [2.05, 4.69) is 4.74 Å². The number of ketones is 1. The molecule has 0 aliphatic heterocycles. The highest BCUT2D eigenvalue weighted by molar-refractivity contribution is 7.93. The van der Waals surface area contributed by atoms with Crippen molar-refractivity contribution < 1.29 is 27.5 Å². The molecule has 28 heavy (non-hydrogen) atoms. The molecule has 0 spiro atoms. The van der Waals surface area contributed by atoms with Gasteiger partial charge < -0.3 is 9.53 Å². The summed E-state index contributed by atoms with van der Waals surface area (Å²) in [5.74, 6) is -1.52. The molecule has 8 heteroatoms. The number of sulfonamides is 1. The van der Waals surface area contributed by atoms with Gasteiger partial charge in [-0.25, -0.2) is 17.5 Å². The zero-order valence-corrected chi connectivity index (χ0v) is 16.7. The molecule has 0 aliphatic rings. The van der Waals surface area contributed by atoms with E-state index in [-0.39, 0.29) is 34.8 Å². The van der Waals surface area contributed by atoms with E-state index in [9.17, 15) is 22.8 Å². The number of methoxy groups -OCH3 is 1. The van der Waals surface area contributed by atoms with E-state index >= 15 is 0 Å². The molecule has 148 valence electrons. The number of hydrogen-bond acceptors (Lipinski definition) is 6. The van der Waals surface area contributed by atoms with Gasteiger partial charge in [0.05, 0.1) is 23.3 Å². The lowest BCUT2D eigenvalue weighted by Gasteiger charge is -2.23. The average molecular weight is 403 g/mol. The first kappa shape index (κ1) is 21.3. The van der Waals surface area contributed by atoms with Gasteiger partial charge in [0, 0.05) is 12.8 Å². The monoisotopic (exact) mass is 403 g/mol. The Morgan fingerprint density at radius 1 is 1.00 bits per heavy atom. The number of aryl methyl sites for hydroxylation is 1. The number of carbonyl (C=O) groups is 3. The van der Waals surface area contributed by atoms with Crippen LogP contribution in [0.5, 0.6) is 0 Å². The van der Waals surface area contributed by atoms with Crippen LogP contribution in [0.15, 0.2) is 53.4 Å². The van der Waals surface area contributed by atoms with Crippen LogP contribution in [0.25, 0.3) is 0 Å². The molecule has 0 heterocycles. The van der Waals surface area contributed by atoms with Gasteiger partial charge in [-0.05, 0) is 55.8 Å². The molecule has 1 amide bonds. The standard InChI is InChI=1S/C20H21NO6S/c1-14-5-4-6-17(13-14)21(19(23)12-7-15(2)22)28(25,26)18-10-8-16(9-11-18)20(24)27-3/h4-6,8-11,13H,7,12H2,1-3H3. The number of rotatable bonds is 7. The van der Waals surface area contributed by atoms with Crippen LogP contribution >= 0.6 is 0 Å². The fourth-order valence-corrected chi connectivity index (χ4v) is 3.98. The van der Waals surface area contributed by atoms with Crippen molar-refractivity contribution in [2.24, 2.45) is 0 Å². The number of ether oxygens (including phenoxy) is 1. The van der Waals surface area contributed by atoms with E-state index in [0.29, 0.717) is 4.31 Å². The molecule has 0 atom stereocenters. The number of nitrogens with zero attached hydrogens (tertiary/aromatic N) is 1. The fraction of sp³-hybridized carbons (Fsp3) is 0.250. The number of esters is 1. The summed E-state index contributed by atoms with van der Waals surface area (Å²) in [7, 11) is -3.02. The summed E-state index contributed by atoms with van der Waals surface area (Å²) >= 11 is 0. The lowest BCUT2D eigenvalue weighted by Crippen LogP contribution is -2.37. The molecule has 2 aromatic carbocycles. The van der Waals surface area contributed by atoms with Crippen LogP contribution in [0.4, 0.5) is 5.69 Å². The molecule has 0 aromatic heterocycles. The van der Waals surface area contributed by atoms with Gasteiger partial charge in [0.25, 0.3) is 10.0 Å². The third-order valence-corrected chi connectivity index (χ3v) is 5.73. The second-order valence-corrected chi connectivity index (χ2v) is 8.01. The van der Waals surface area contributed by atoms with Crippen LogP contribution in [-0.2, 0) is 24.3 Å². The highest BCUT2D eigenvalue weighted by Crippen LogP contribution is 2.26. The largest absolute Gasteiger partial charge is 0.465 e. The Hall–Kier alpha value is -3.00. The normalized spacial score (nSPS) is 11.0. The summed E-state index contributed by atoms with van der Waals surface area (Å²) in [5, 5.41) is 0. The second kappa shape index (κ2) is 8.79. The summed E-state index contributed by atoms with van der Waals surface area (Å²) in [4.78, 5) is 35.4. The minimum Gasteiger partial charge on any atom is -0.465 e. The highest BCUT2D eigenvalue weighted by atomic mass is 32.2. The zero-order chi connectivity index (χ0) is 20.9. The number of Topliss-reactive ketones (excluding diaryl/α,β-unsaturated/α-hetero) is 1. The Bertz CT molecular complexity index is 996. The molecule has 7 nitrogen and oxygen atoms in total. The van der Waals surface area contributed by atoms with Gasteiger partial charge in [0.2, 0.25) is 5.91 Å². The van der Waals surface area contributed by atoms with Crippen LogP contribution in [0.2, 0.25) is 0 Å². The van der Waals surface area contributed by atoms with E-state index in [0.717, 1.165) is 5.56 Å². The molecular weight excluding hydrogens is 382 g/mol. The van der Waals surface area contributed by atoms with Crippen molar-refractivity contribution >= 4 is 33.4 Å². The molecule has 0 saturated heterocycles. The molecule has 2 aromatic rings. The van der Waals surface area contributed by atoms with Crippen molar-refractivity contribution in [2.75, 3.05) is 11.4 Å². The first-order valence-electron chi connectivity index (χ1n) is 8.49. The minimum absolute atomic E-state index is 0.0576. The highest BCUT2D eigenvalue weighted by Gasteiger charge is 2.31. The molecule has 0 aliphatic carbocycles. The van der Waals surface area contributed by atoms with Gasteiger partial charge in [-0.15, -0.1) is 0 Å². The van der Waals surface area contributed by atoms with E-state index < -0.39 is 21.9 Å². The SMILES string of the molecule is COC(=O)c1ccc(S(=O)(=O)N(C(=O)CCC(C)=O)c2cccc(C)c2)cc1. The second-order valence-electron chi connectivity index (χ2n) is 6.22. The third kappa shape index (κ3) is 4.83. The number of hydrogen-bond donors (Lipinski definition) is 0.